The van der Waals surface area contributed by atoms with Gasteiger partial charge in [-0.15, -0.1) is 0 Å². The lowest BCUT2D eigenvalue weighted by molar-refractivity contribution is -0.396. The van der Waals surface area contributed by atoms with Crippen LogP contribution < -0.4 is 0 Å². The molecule has 0 radical (unpaired) electrons. The van der Waals surface area contributed by atoms with Crippen LogP contribution in [-0.4, -0.2) is 373 Å². The van der Waals surface area contributed by atoms with E-state index in [1.54, 1.807) is 0 Å². The SMILES string of the molecule is O=P(O)(O)OC[C@@H]1O[C@@H]2O[C@H]3[C@H](O)[C@H](O)[C@@H](O[C@H]4[C@@H](O)[C@H](O)[C@@H](O[C@H]5[C@H](O)[C@@H](O)[C@@H](O[C@H]6[C@H](O)[C@@H](O)[C@@H](O[C@H]7[C@H](O)[C@@H](O)[C@@H](O[C@H]8[C@H](O)[C@@H](O)[C@@H](O[C@H]1[C@H](O)[C@H]2O)O[C@H]8CO)O[C@H]7CO)O[C@H]6CO)O[C@@H]5CO)O[C@@H]4CO)O[C@@H]3CO. The predicted octanol–water partition coefficient (Wildman–Crippen LogP) is -15.1. The minimum Gasteiger partial charge on any atom is -0.394 e. The summed E-state index contributed by atoms with van der Waals surface area (Å²) in [6.07, 6.45) is -73.2. The summed E-state index contributed by atoms with van der Waals surface area (Å²) in [5, 5.41) is 221. The van der Waals surface area contributed by atoms with Gasteiger partial charge in [0.25, 0.3) is 0 Å². The van der Waals surface area contributed by atoms with E-state index in [2.05, 4.69) is 4.52 Å². The second-order valence-corrected chi connectivity index (χ2v) is 21.5. The molecule has 0 unspecified atom stereocenters. The summed E-state index contributed by atoms with van der Waals surface area (Å²) in [6, 6.07) is 0. The highest BCUT2D eigenvalue weighted by molar-refractivity contribution is 7.46. The van der Waals surface area contributed by atoms with Crippen LogP contribution in [-0.2, 0) is 75.4 Å². The third-order valence-corrected chi connectivity index (χ3v) is 15.5. The van der Waals surface area contributed by atoms with Gasteiger partial charge in [0.2, 0.25) is 0 Å². The van der Waals surface area contributed by atoms with E-state index in [1.807, 2.05) is 0 Å². The van der Waals surface area contributed by atoms with Crippen molar-refractivity contribution in [3.05, 3.63) is 0 Å². The fourth-order valence-corrected chi connectivity index (χ4v) is 10.9. The highest BCUT2D eigenvalue weighted by Gasteiger charge is 2.59. The van der Waals surface area contributed by atoms with Crippen molar-refractivity contribution in [3.63, 3.8) is 0 Å². The van der Waals surface area contributed by atoms with E-state index in [1.165, 1.54) is 0 Å². The Morgan fingerprint density at radius 1 is 0.247 bits per heavy atom. The zero-order valence-corrected chi connectivity index (χ0v) is 42.9. The van der Waals surface area contributed by atoms with Gasteiger partial charge in [-0.3, -0.25) is 4.52 Å². The summed E-state index contributed by atoms with van der Waals surface area (Å²) < 4.78 is 95.8. The van der Waals surface area contributed by atoms with Crippen molar-refractivity contribution >= 4 is 7.82 Å². The molecule has 21 aliphatic heterocycles. The first-order valence-electron chi connectivity index (χ1n) is 25.4. The van der Waals surface area contributed by atoms with E-state index in [9.17, 15) is 116 Å². The molecule has 0 saturated carbocycles. The quantitative estimate of drug-likeness (QED) is 0.0953. The molecule has 21 heterocycles. The molecule has 0 aromatic carbocycles. The first-order valence-corrected chi connectivity index (χ1v) is 26.9. The summed E-state index contributed by atoms with van der Waals surface area (Å²) in [4.78, 5) is 19.1. The molecular formula is C42H71O38P. The maximum absolute atomic E-state index is 11.9. The number of ether oxygens (including phenoxy) is 14. The Kier molecular flexibility index (Phi) is 22.3. The smallest absolute Gasteiger partial charge is 0.394 e. The van der Waals surface area contributed by atoms with E-state index in [0.29, 0.717) is 0 Å². The molecule has 22 N–H and O–H groups in total. The number of aliphatic hydroxyl groups excluding tert-OH is 20. The number of phosphoric ester groups is 1. The third kappa shape index (κ3) is 13.6. The monoisotopic (exact) mass is 1210 g/mol. The molecule has 21 fully saturated rings. The van der Waals surface area contributed by atoms with Gasteiger partial charge >= 0.3 is 7.82 Å². The van der Waals surface area contributed by atoms with Gasteiger partial charge in [-0.1, -0.05) is 0 Å². The van der Waals surface area contributed by atoms with Crippen LogP contribution in [0.25, 0.3) is 0 Å². The van der Waals surface area contributed by atoms with Gasteiger partial charge in [0.1, 0.15) is 171 Å². The molecule has 35 atom stereocenters. The van der Waals surface area contributed by atoms with Crippen molar-refractivity contribution in [1.29, 1.82) is 0 Å². The van der Waals surface area contributed by atoms with Crippen molar-refractivity contribution < 1.29 is 187 Å². The molecule has 0 aromatic rings. The normalized spacial score (nSPS) is 53.4. The summed E-state index contributed by atoms with van der Waals surface area (Å²) >= 11 is 0. The van der Waals surface area contributed by atoms with Crippen molar-refractivity contribution in [3.8, 4) is 0 Å². The van der Waals surface area contributed by atoms with Gasteiger partial charge in [0.15, 0.2) is 44.0 Å². The summed E-state index contributed by atoms with van der Waals surface area (Å²) in [5.74, 6) is 0. The molecule has 14 bridgehead atoms. The number of hydrogen-bond donors (Lipinski definition) is 22. The molecule has 0 spiro atoms. The molecule has 0 amide bonds. The Hall–Kier alpha value is -1.25. The highest BCUT2D eigenvalue weighted by atomic mass is 31.2. The summed E-state index contributed by atoms with van der Waals surface area (Å²) in [6.45, 7) is -7.83. The summed E-state index contributed by atoms with van der Waals surface area (Å²) in [7, 11) is -5.43. The number of phosphoric acid groups is 1. The Bertz CT molecular complexity index is 2000. The van der Waals surface area contributed by atoms with E-state index in [0.717, 1.165) is 0 Å². The van der Waals surface area contributed by atoms with Gasteiger partial charge < -0.3 is 178 Å². The van der Waals surface area contributed by atoms with Crippen LogP contribution in [0.2, 0.25) is 0 Å². The minimum atomic E-state index is -5.43. The molecule has 21 aliphatic rings. The molecule has 0 aromatic heterocycles. The van der Waals surface area contributed by atoms with Crippen LogP contribution in [0.1, 0.15) is 0 Å². The van der Waals surface area contributed by atoms with Crippen LogP contribution in [0.15, 0.2) is 0 Å². The number of hydrogen-bond acceptors (Lipinski definition) is 36. The zero-order valence-electron chi connectivity index (χ0n) is 42.0. The van der Waals surface area contributed by atoms with E-state index in [4.69, 9.17) is 66.3 Å². The Balaban J connectivity index is 1.10. The minimum absolute atomic E-state index is 1.07. The van der Waals surface area contributed by atoms with Crippen LogP contribution >= 0.6 is 7.82 Å². The molecule has 0 aliphatic carbocycles. The largest absolute Gasteiger partial charge is 0.469 e. The Morgan fingerprint density at radius 3 is 0.543 bits per heavy atom. The highest BCUT2D eigenvalue weighted by Crippen LogP contribution is 2.41. The number of aliphatic hydroxyl groups is 20. The molecule has 81 heavy (non-hydrogen) atoms. The number of rotatable bonds is 9. The van der Waals surface area contributed by atoms with Crippen LogP contribution in [0.3, 0.4) is 0 Å². The topological polar surface area (TPSA) is 601 Å². The predicted molar refractivity (Wildman–Crippen MR) is 239 cm³/mol. The molecule has 21 saturated heterocycles. The van der Waals surface area contributed by atoms with Gasteiger partial charge in [-0.25, -0.2) is 4.57 Å². The van der Waals surface area contributed by atoms with Crippen LogP contribution in [0.5, 0.6) is 0 Å². The molecule has 38 nitrogen and oxygen atoms in total. The van der Waals surface area contributed by atoms with Crippen molar-refractivity contribution in [1.82, 2.24) is 0 Å². The van der Waals surface area contributed by atoms with Crippen molar-refractivity contribution in [2.24, 2.45) is 0 Å². The molecular weight excluding hydrogens is 1140 g/mol. The maximum atomic E-state index is 11.9. The molecule has 39 heteroatoms. The van der Waals surface area contributed by atoms with Gasteiger partial charge in [-0.05, 0) is 0 Å². The first-order chi connectivity index (χ1) is 38.3. The summed E-state index contributed by atoms with van der Waals surface area (Å²) in [5.41, 5.74) is 0. The Labute approximate surface area is 455 Å². The molecule has 21 rings (SSSR count). The zero-order chi connectivity index (χ0) is 59.3. The van der Waals surface area contributed by atoms with Gasteiger partial charge in [0, 0.05) is 0 Å². The maximum Gasteiger partial charge on any atom is 0.469 e. The van der Waals surface area contributed by atoms with E-state index in [-0.39, 0.29) is 0 Å². The van der Waals surface area contributed by atoms with E-state index >= 15 is 0 Å². The average Bonchev–Trinajstić information content (AvgIpc) is 3.48. The van der Waals surface area contributed by atoms with Gasteiger partial charge in [-0.2, -0.15) is 0 Å². The second-order valence-electron chi connectivity index (χ2n) is 20.3. The lowest BCUT2D eigenvalue weighted by atomic mass is 9.95. The lowest BCUT2D eigenvalue weighted by Crippen LogP contribution is -2.68. The Morgan fingerprint density at radius 2 is 0.395 bits per heavy atom. The average molecular weight is 1210 g/mol. The van der Waals surface area contributed by atoms with Crippen molar-refractivity contribution in [2.75, 3.05) is 46.2 Å². The van der Waals surface area contributed by atoms with Gasteiger partial charge in [0.05, 0.1) is 46.2 Å². The van der Waals surface area contributed by atoms with E-state index < -0.39 is 269 Å². The molecule has 472 valence electrons. The van der Waals surface area contributed by atoms with Crippen LogP contribution in [0.4, 0.5) is 0 Å². The fourth-order valence-electron chi connectivity index (χ4n) is 10.6. The first kappa shape index (κ1) is 65.7. The standard InChI is InChI=1S/C42H71O38P/c43-1-8-29-16(50)23(57)37(68-8)76-31-10(3-45)70-39(25(59)18(31)52)78-33-12(5-47)72-41(27(61)20(33)54)80-35-14(7-66-81(63,64)65)73-42(28(62)21(35)55)79-34-13(6-48)71-40(26(60)19(34)53)77-32-11(4-46)69-38(24(58)17(32)51)75-30-9(2-44)67-36(74-29)22(56)15(30)49/h8-62H,1-7H2,(H2,63,64,65)/t8-,9+,10-,11+,12-,13+,14-,15+,16+,17-,18+,19+,20+,21+,22+,23+,24-,25+,26-,27+,28+,29+,30+,31+,32+,33+,34+,35+,36+,37+,38+,39+,40+,41+,42+/m0/s1. The van der Waals surface area contributed by atoms with Crippen molar-refractivity contribution in [2.45, 2.75) is 215 Å². The lowest BCUT2D eigenvalue weighted by Gasteiger charge is -2.50. The van der Waals surface area contributed by atoms with Crippen LogP contribution in [0, 0.1) is 0 Å². The third-order valence-electron chi connectivity index (χ3n) is 15.0. The second kappa shape index (κ2) is 27.4. The fraction of sp³-hybridized carbons (Fsp3) is 1.00.